The van der Waals surface area contributed by atoms with E-state index in [0.29, 0.717) is 12.4 Å². The molecule has 1 aliphatic rings. The highest BCUT2D eigenvalue weighted by molar-refractivity contribution is 6.02. The molecule has 1 atom stereocenters. The van der Waals surface area contributed by atoms with Crippen LogP contribution in [0, 0.1) is 12.1 Å². The smallest absolute Gasteiger partial charge is 0.213 e. The minimum absolute atomic E-state index is 0.230. The van der Waals surface area contributed by atoms with E-state index in [1.54, 1.807) is 19.2 Å². The van der Waals surface area contributed by atoms with Crippen molar-refractivity contribution in [2.45, 2.75) is 6.92 Å². The topological polar surface area (TPSA) is 59.1 Å². The fraction of sp³-hybridized carbons (Fsp3) is 0.158. The van der Waals surface area contributed by atoms with Crippen LogP contribution < -0.4 is 4.65 Å². The molecule has 1 aliphatic heterocycles. The van der Waals surface area contributed by atoms with E-state index in [1.807, 2.05) is 24.3 Å². The molecular weight excluding hydrogens is 288 g/mol. The maximum Gasteiger partial charge on any atom is 0.213 e. The van der Waals surface area contributed by atoms with Crippen molar-refractivity contribution in [2.24, 2.45) is 0 Å². The second-order valence-electron chi connectivity index (χ2n) is 6.41. The normalized spacial score (nSPS) is 20.4. The number of aromatic amines is 1. The van der Waals surface area contributed by atoms with Crippen molar-refractivity contribution in [2.75, 3.05) is 13.6 Å². The summed E-state index contributed by atoms with van der Waals surface area (Å²) in [5.41, 5.74) is 5.08. The van der Waals surface area contributed by atoms with Crippen LogP contribution in [-0.4, -0.2) is 23.7 Å². The Labute approximate surface area is 134 Å². The van der Waals surface area contributed by atoms with Gasteiger partial charge in [-0.1, -0.05) is 23.8 Å². The van der Waals surface area contributed by atoms with Crippen molar-refractivity contribution in [1.29, 1.82) is 0 Å². The molecule has 23 heavy (non-hydrogen) atoms. The molecule has 0 spiro atoms. The van der Waals surface area contributed by atoms with E-state index in [4.69, 9.17) is 0 Å². The Morgan fingerprint density at radius 3 is 2.61 bits per heavy atom. The number of aryl methyl sites for hydroxylation is 1. The highest BCUT2D eigenvalue weighted by atomic mass is 16.5. The van der Waals surface area contributed by atoms with Crippen molar-refractivity contribution in [1.82, 2.24) is 9.63 Å². The lowest BCUT2D eigenvalue weighted by Gasteiger charge is -2.40. The van der Waals surface area contributed by atoms with Crippen LogP contribution in [0.2, 0.25) is 0 Å². The van der Waals surface area contributed by atoms with Gasteiger partial charge in [0.15, 0.2) is 0 Å². The molecule has 0 saturated carbocycles. The zero-order valence-electron chi connectivity index (χ0n) is 13.1. The number of likely N-dealkylation sites (N-methyl/N-ethyl adjacent to an activating group) is 1. The van der Waals surface area contributed by atoms with Gasteiger partial charge in [-0.3, -0.25) is 0 Å². The zero-order chi connectivity index (χ0) is 16.2. The molecule has 0 saturated heterocycles. The molecule has 1 unspecified atom stereocenters. The van der Waals surface area contributed by atoms with Crippen LogP contribution in [0.15, 0.2) is 42.5 Å². The van der Waals surface area contributed by atoms with Crippen LogP contribution >= 0.6 is 0 Å². The molecule has 0 radical (unpaired) electrons. The summed E-state index contributed by atoms with van der Waals surface area (Å²) in [6.45, 7) is 2.42. The van der Waals surface area contributed by atoms with Crippen LogP contribution in [0.3, 0.4) is 0 Å². The standard InChI is InChI=1S/C19H18N2O2/c1-12-3-8-18-16(9-12)17-10-14(11-21(2,23)19(17)20-18)13-4-6-15(22)7-5-13/h3-10,20,22H,11H2,1-2H3. The minimum Gasteiger partial charge on any atom is -0.626 e. The van der Waals surface area contributed by atoms with Gasteiger partial charge in [-0.15, -0.1) is 0 Å². The molecule has 4 rings (SSSR count). The predicted octanol–water partition coefficient (Wildman–Crippen LogP) is 4.17. The van der Waals surface area contributed by atoms with Crippen LogP contribution in [-0.2, 0) is 0 Å². The SMILES string of the molecule is Cc1ccc2[nH]c3c(c2c1)C=C(c1ccc(O)cc1)C[N+]3(C)[O-]. The third kappa shape index (κ3) is 2.23. The third-order valence-electron chi connectivity index (χ3n) is 4.48. The summed E-state index contributed by atoms with van der Waals surface area (Å²) in [6.07, 6.45) is 2.10. The number of phenolic OH excluding ortho intramolecular Hbond substituents is 1. The second-order valence-corrected chi connectivity index (χ2v) is 6.41. The van der Waals surface area contributed by atoms with E-state index in [-0.39, 0.29) is 5.75 Å². The third-order valence-corrected chi connectivity index (χ3v) is 4.48. The molecule has 116 valence electrons. The van der Waals surface area contributed by atoms with Gasteiger partial charge in [0.05, 0.1) is 18.1 Å². The average Bonchev–Trinajstić information content (AvgIpc) is 2.87. The number of hydrogen-bond donors (Lipinski definition) is 2. The maximum absolute atomic E-state index is 13.1. The molecule has 1 aromatic heterocycles. The number of fused-ring (bicyclic) bond motifs is 3. The van der Waals surface area contributed by atoms with Gasteiger partial charge in [-0.05, 0) is 42.8 Å². The van der Waals surface area contributed by atoms with Crippen molar-refractivity contribution in [3.8, 4) is 5.75 Å². The van der Waals surface area contributed by atoms with Crippen LogP contribution in [0.5, 0.6) is 5.75 Å². The number of aromatic hydroxyl groups is 1. The minimum atomic E-state index is -0.463. The number of quaternary nitrogens is 1. The Morgan fingerprint density at radius 2 is 1.87 bits per heavy atom. The molecule has 0 bridgehead atoms. The number of aromatic nitrogens is 1. The van der Waals surface area contributed by atoms with Gasteiger partial charge < -0.3 is 19.9 Å². The van der Waals surface area contributed by atoms with Crippen LogP contribution in [0.4, 0.5) is 5.82 Å². The number of benzene rings is 2. The Kier molecular flexibility index (Phi) is 2.88. The second kappa shape index (κ2) is 4.72. The number of nitrogens with zero attached hydrogens (tertiary/aromatic N) is 1. The summed E-state index contributed by atoms with van der Waals surface area (Å²) in [7, 11) is 1.68. The predicted molar refractivity (Wildman–Crippen MR) is 95.0 cm³/mol. The summed E-state index contributed by atoms with van der Waals surface area (Å²) in [4.78, 5) is 3.29. The van der Waals surface area contributed by atoms with E-state index < -0.39 is 4.65 Å². The summed E-state index contributed by atoms with van der Waals surface area (Å²) < 4.78 is -0.463. The molecule has 3 aromatic rings. The summed E-state index contributed by atoms with van der Waals surface area (Å²) in [5.74, 6) is 0.932. The first kappa shape index (κ1) is 14.1. The quantitative estimate of drug-likeness (QED) is 0.523. The largest absolute Gasteiger partial charge is 0.626 e. The lowest BCUT2D eigenvalue weighted by molar-refractivity contribution is 0.475. The van der Waals surface area contributed by atoms with Crippen LogP contribution in [0.25, 0.3) is 22.6 Å². The monoisotopic (exact) mass is 306 g/mol. The highest BCUT2D eigenvalue weighted by Gasteiger charge is 2.29. The molecule has 0 aliphatic carbocycles. The fourth-order valence-electron chi connectivity index (χ4n) is 3.31. The van der Waals surface area contributed by atoms with E-state index >= 15 is 0 Å². The van der Waals surface area contributed by atoms with Gasteiger partial charge in [0.1, 0.15) is 12.3 Å². The number of rotatable bonds is 1. The molecule has 4 heteroatoms. The summed E-state index contributed by atoms with van der Waals surface area (Å²) in [6, 6.07) is 13.2. The molecular formula is C19H18N2O2. The lowest BCUT2D eigenvalue weighted by Crippen LogP contribution is -2.42. The number of phenols is 1. The highest BCUT2D eigenvalue weighted by Crippen LogP contribution is 2.40. The molecule has 0 amide bonds. The van der Waals surface area contributed by atoms with E-state index in [2.05, 4.69) is 24.1 Å². The van der Waals surface area contributed by atoms with Gasteiger partial charge in [-0.2, -0.15) is 0 Å². The lowest BCUT2D eigenvalue weighted by atomic mass is 9.98. The number of nitrogens with one attached hydrogen (secondary N) is 1. The zero-order valence-corrected chi connectivity index (χ0v) is 13.1. The van der Waals surface area contributed by atoms with Crippen molar-refractivity contribution >= 4 is 28.4 Å². The Balaban J connectivity index is 1.95. The molecule has 2 N–H and O–H groups in total. The Hall–Kier alpha value is -2.56. The van der Waals surface area contributed by atoms with E-state index in [1.165, 1.54) is 5.56 Å². The average molecular weight is 306 g/mol. The van der Waals surface area contributed by atoms with E-state index in [0.717, 1.165) is 27.6 Å². The summed E-state index contributed by atoms with van der Waals surface area (Å²) >= 11 is 0. The number of H-pyrrole nitrogens is 1. The van der Waals surface area contributed by atoms with Gasteiger partial charge in [0, 0.05) is 11.0 Å². The molecule has 2 heterocycles. The Bertz CT molecular complexity index is 934. The molecule has 2 aromatic carbocycles. The summed E-state index contributed by atoms with van der Waals surface area (Å²) in [5, 5.41) is 23.6. The van der Waals surface area contributed by atoms with Crippen molar-refractivity contribution in [3.05, 3.63) is 64.4 Å². The first-order chi connectivity index (χ1) is 10.9. The number of hydrogen-bond acceptors (Lipinski definition) is 2. The van der Waals surface area contributed by atoms with Gasteiger partial charge in [0.2, 0.25) is 5.82 Å². The number of hydroxylamine groups is 2. The molecule has 0 fully saturated rings. The van der Waals surface area contributed by atoms with Gasteiger partial charge in [-0.25, -0.2) is 0 Å². The van der Waals surface area contributed by atoms with Gasteiger partial charge >= 0.3 is 0 Å². The first-order valence-corrected chi connectivity index (χ1v) is 7.63. The maximum atomic E-state index is 13.1. The Morgan fingerprint density at radius 1 is 1.13 bits per heavy atom. The van der Waals surface area contributed by atoms with E-state index in [9.17, 15) is 10.3 Å². The van der Waals surface area contributed by atoms with Crippen molar-refractivity contribution < 1.29 is 5.11 Å². The van der Waals surface area contributed by atoms with Gasteiger partial charge in [0.25, 0.3) is 0 Å². The fourth-order valence-corrected chi connectivity index (χ4v) is 3.31. The van der Waals surface area contributed by atoms with Crippen molar-refractivity contribution in [3.63, 3.8) is 0 Å². The molecule has 4 nitrogen and oxygen atoms in total. The van der Waals surface area contributed by atoms with Crippen LogP contribution in [0.1, 0.15) is 16.7 Å². The first-order valence-electron chi connectivity index (χ1n) is 7.63.